The molecule has 6 nitrogen and oxygen atoms in total. The van der Waals surface area contributed by atoms with E-state index < -0.39 is 0 Å². The summed E-state index contributed by atoms with van der Waals surface area (Å²) in [5.41, 5.74) is 0. The van der Waals surface area contributed by atoms with Gasteiger partial charge < -0.3 is 18.8 Å². The number of benzene rings is 1. The van der Waals surface area contributed by atoms with Crippen molar-refractivity contribution < 1.29 is 14.2 Å². The molecule has 3 heterocycles. The number of rotatable bonds is 4. The fourth-order valence-corrected chi connectivity index (χ4v) is 3.81. The van der Waals surface area contributed by atoms with Crippen molar-refractivity contribution >= 4 is 11.8 Å². The maximum atomic E-state index is 6.01. The maximum Gasteiger partial charge on any atom is 0.192 e. The van der Waals surface area contributed by atoms with Gasteiger partial charge >= 0.3 is 0 Å². The third kappa shape index (κ3) is 3.03. The van der Waals surface area contributed by atoms with E-state index in [0.717, 1.165) is 47.7 Å². The normalized spacial score (nSPS) is 23.2. The lowest BCUT2D eigenvalue weighted by atomic mass is 10.2. The quantitative estimate of drug-likeness (QED) is 0.802. The molecule has 2 aliphatic heterocycles. The smallest absolute Gasteiger partial charge is 0.192 e. The van der Waals surface area contributed by atoms with Gasteiger partial charge in [0.05, 0.1) is 6.10 Å². The van der Waals surface area contributed by atoms with E-state index in [0.29, 0.717) is 12.7 Å². The molecule has 0 amide bonds. The number of ether oxygens (including phenoxy) is 3. The molecule has 2 unspecified atom stereocenters. The Labute approximate surface area is 139 Å². The van der Waals surface area contributed by atoms with Crippen LogP contribution in [-0.4, -0.2) is 39.8 Å². The fourth-order valence-electron chi connectivity index (χ4n) is 2.82. The highest BCUT2D eigenvalue weighted by atomic mass is 32.2. The Bertz CT molecular complexity index is 685. The molecular weight excluding hydrogens is 314 g/mol. The molecule has 2 atom stereocenters. The number of hydrogen-bond acceptors (Lipinski definition) is 6. The van der Waals surface area contributed by atoms with Crippen molar-refractivity contribution in [3.63, 3.8) is 0 Å². The van der Waals surface area contributed by atoms with Crippen molar-refractivity contribution in [2.75, 3.05) is 19.0 Å². The largest absolute Gasteiger partial charge is 0.485 e. The molecule has 4 rings (SSSR count). The van der Waals surface area contributed by atoms with E-state index in [1.807, 2.05) is 35.9 Å². The van der Waals surface area contributed by atoms with E-state index in [1.165, 1.54) is 0 Å². The summed E-state index contributed by atoms with van der Waals surface area (Å²) in [6.07, 6.45) is 2.39. The number of aromatic nitrogens is 3. The van der Waals surface area contributed by atoms with Crippen LogP contribution in [0.15, 0.2) is 29.4 Å². The molecule has 23 heavy (non-hydrogen) atoms. The molecule has 1 fully saturated rings. The van der Waals surface area contributed by atoms with Gasteiger partial charge in [-0.05, 0) is 25.0 Å². The van der Waals surface area contributed by atoms with Crippen LogP contribution >= 0.6 is 11.8 Å². The Kier molecular flexibility index (Phi) is 4.13. The van der Waals surface area contributed by atoms with Crippen LogP contribution in [0.25, 0.3) is 0 Å². The molecular formula is C16H19N3O3S. The average Bonchev–Trinajstić information content (AvgIpc) is 3.22. The molecule has 1 aromatic carbocycles. The Hall–Kier alpha value is -1.73. The molecule has 1 saturated heterocycles. The van der Waals surface area contributed by atoms with Gasteiger partial charge in [-0.15, -0.1) is 10.2 Å². The number of thioether (sulfide) groups is 1. The lowest BCUT2D eigenvalue weighted by molar-refractivity contribution is 0.0825. The molecule has 0 radical (unpaired) electrons. The minimum absolute atomic E-state index is 0.237. The van der Waals surface area contributed by atoms with Crippen LogP contribution in [0.2, 0.25) is 0 Å². The standard InChI is InChI=1S/C16H19N3O3S/c1-19-15(14-9-21-12-6-2-3-7-13(12)22-14)17-18-16(19)23-10-11-5-4-8-20-11/h2-3,6-7,11,14H,4-5,8-10H2,1H3. The molecule has 2 aliphatic rings. The summed E-state index contributed by atoms with van der Waals surface area (Å²) in [4.78, 5) is 0. The van der Waals surface area contributed by atoms with Gasteiger partial charge in [0, 0.05) is 19.4 Å². The predicted octanol–water partition coefficient (Wildman–Crippen LogP) is 2.60. The van der Waals surface area contributed by atoms with Crippen LogP contribution in [0.4, 0.5) is 0 Å². The topological polar surface area (TPSA) is 58.4 Å². The summed E-state index contributed by atoms with van der Waals surface area (Å²) in [6, 6.07) is 7.69. The van der Waals surface area contributed by atoms with Crippen LogP contribution in [0.3, 0.4) is 0 Å². The summed E-state index contributed by atoms with van der Waals surface area (Å²) in [7, 11) is 1.97. The summed E-state index contributed by atoms with van der Waals surface area (Å²) < 4.78 is 19.4. The first-order valence-corrected chi connectivity index (χ1v) is 8.82. The molecule has 0 saturated carbocycles. The Morgan fingerprint density at radius 3 is 2.96 bits per heavy atom. The van der Waals surface area contributed by atoms with Gasteiger partial charge in [-0.25, -0.2) is 0 Å². The van der Waals surface area contributed by atoms with Gasteiger partial charge in [-0.3, -0.25) is 0 Å². The van der Waals surface area contributed by atoms with E-state index in [2.05, 4.69) is 10.2 Å². The second-order valence-corrected chi connectivity index (χ2v) is 6.70. The summed E-state index contributed by atoms with van der Waals surface area (Å²) >= 11 is 1.68. The molecule has 0 N–H and O–H groups in total. The summed E-state index contributed by atoms with van der Waals surface area (Å²) in [5.74, 6) is 3.23. The molecule has 2 aromatic rings. The Balaban J connectivity index is 1.45. The van der Waals surface area contributed by atoms with Gasteiger partial charge in [0.1, 0.15) is 6.61 Å². The monoisotopic (exact) mass is 333 g/mol. The fraction of sp³-hybridized carbons (Fsp3) is 0.500. The zero-order valence-corrected chi connectivity index (χ0v) is 13.8. The Morgan fingerprint density at radius 2 is 2.13 bits per heavy atom. The van der Waals surface area contributed by atoms with Crippen molar-refractivity contribution in [1.82, 2.24) is 14.8 Å². The first kappa shape index (κ1) is 14.8. The summed E-state index contributed by atoms with van der Waals surface area (Å²) in [6.45, 7) is 1.32. The van der Waals surface area contributed by atoms with Gasteiger partial charge in [-0.1, -0.05) is 23.9 Å². The van der Waals surface area contributed by atoms with Crippen molar-refractivity contribution in [3.8, 4) is 11.5 Å². The minimum Gasteiger partial charge on any atom is -0.485 e. The number of hydrogen-bond donors (Lipinski definition) is 0. The SMILES string of the molecule is Cn1c(SCC2CCCO2)nnc1C1COc2ccccc2O1. The molecule has 0 spiro atoms. The van der Waals surface area contributed by atoms with Gasteiger partial charge in [0.2, 0.25) is 0 Å². The second kappa shape index (κ2) is 6.41. The Morgan fingerprint density at radius 1 is 1.26 bits per heavy atom. The first-order chi connectivity index (χ1) is 11.3. The van der Waals surface area contributed by atoms with Crippen molar-refractivity contribution in [1.29, 1.82) is 0 Å². The van der Waals surface area contributed by atoms with Crippen LogP contribution in [0.1, 0.15) is 24.8 Å². The van der Waals surface area contributed by atoms with E-state index in [9.17, 15) is 0 Å². The van der Waals surface area contributed by atoms with Gasteiger partial charge in [-0.2, -0.15) is 0 Å². The van der Waals surface area contributed by atoms with E-state index in [1.54, 1.807) is 11.8 Å². The molecule has 0 aliphatic carbocycles. The molecule has 1 aromatic heterocycles. The van der Waals surface area contributed by atoms with E-state index in [-0.39, 0.29) is 6.10 Å². The summed E-state index contributed by atoms with van der Waals surface area (Å²) in [5, 5.41) is 9.48. The highest BCUT2D eigenvalue weighted by molar-refractivity contribution is 7.99. The van der Waals surface area contributed by atoms with Crippen molar-refractivity contribution in [2.45, 2.75) is 30.2 Å². The molecule has 7 heteroatoms. The predicted molar refractivity (Wildman–Crippen MR) is 86.0 cm³/mol. The number of nitrogens with zero attached hydrogens (tertiary/aromatic N) is 3. The third-order valence-electron chi connectivity index (χ3n) is 4.09. The number of fused-ring (bicyclic) bond motifs is 1. The van der Waals surface area contributed by atoms with Crippen LogP contribution < -0.4 is 9.47 Å². The number of para-hydroxylation sites is 2. The minimum atomic E-state index is -0.237. The van der Waals surface area contributed by atoms with Crippen LogP contribution in [0, 0.1) is 0 Å². The lowest BCUT2D eigenvalue weighted by Gasteiger charge is -2.25. The highest BCUT2D eigenvalue weighted by Crippen LogP contribution is 2.35. The first-order valence-electron chi connectivity index (χ1n) is 7.83. The van der Waals surface area contributed by atoms with E-state index in [4.69, 9.17) is 14.2 Å². The zero-order chi connectivity index (χ0) is 15.6. The second-order valence-electron chi connectivity index (χ2n) is 5.71. The van der Waals surface area contributed by atoms with Crippen molar-refractivity contribution in [2.24, 2.45) is 7.05 Å². The average molecular weight is 333 g/mol. The molecule has 0 bridgehead atoms. The maximum absolute atomic E-state index is 6.01. The highest BCUT2D eigenvalue weighted by Gasteiger charge is 2.27. The molecule has 122 valence electrons. The zero-order valence-electron chi connectivity index (χ0n) is 13.0. The van der Waals surface area contributed by atoms with Crippen molar-refractivity contribution in [3.05, 3.63) is 30.1 Å². The van der Waals surface area contributed by atoms with Crippen LogP contribution in [-0.2, 0) is 11.8 Å². The van der Waals surface area contributed by atoms with Gasteiger partial charge in [0.15, 0.2) is 28.6 Å². The van der Waals surface area contributed by atoms with Gasteiger partial charge in [0.25, 0.3) is 0 Å². The lowest BCUT2D eigenvalue weighted by Crippen LogP contribution is -2.24. The van der Waals surface area contributed by atoms with Crippen LogP contribution in [0.5, 0.6) is 11.5 Å². The third-order valence-corrected chi connectivity index (χ3v) is 5.24. The van der Waals surface area contributed by atoms with E-state index >= 15 is 0 Å².